The maximum Gasteiger partial charge on any atom is 0.762 e. The van der Waals surface area contributed by atoms with Gasteiger partial charge in [0.1, 0.15) is 19.6 Å². The van der Waals surface area contributed by atoms with Crippen molar-refractivity contribution in [2.75, 3.05) is 39.3 Å². The van der Waals surface area contributed by atoms with Crippen LogP contribution in [0.1, 0.15) is 0 Å². The van der Waals surface area contributed by atoms with E-state index in [4.69, 9.17) is 0 Å². The van der Waals surface area contributed by atoms with E-state index in [1.54, 1.807) is 0 Å². The van der Waals surface area contributed by atoms with Gasteiger partial charge in [-0.05, 0) is 4.48 Å². The van der Waals surface area contributed by atoms with Crippen LogP contribution in [0.15, 0.2) is 0 Å². The second kappa shape index (κ2) is 7.17. The molecule has 0 aromatic heterocycles. The Labute approximate surface area is 99.4 Å². The number of halogens is 8. The first-order valence-electron chi connectivity index (χ1n) is 5.09. The van der Waals surface area contributed by atoms with Gasteiger partial charge in [-0.15, -0.1) is 4.71 Å². The third-order valence-corrected chi connectivity index (χ3v) is 2.45. The van der Waals surface area contributed by atoms with E-state index >= 15 is 0 Å². The van der Waals surface area contributed by atoms with E-state index in [9.17, 15) is 34.7 Å². The first-order chi connectivity index (χ1) is 8.02. The normalized spacial score (nSPS) is 29.7. The van der Waals surface area contributed by atoms with E-state index in [1.165, 1.54) is 0 Å². The Kier molecular flexibility index (Phi) is 6.97. The number of quaternary nitrogens is 1. The van der Waals surface area contributed by atoms with Crippen LogP contribution >= 0.6 is 0 Å². The lowest BCUT2D eigenvalue weighted by Crippen LogP contribution is -2.62. The van der Waals surface area contributed by atoms with E-state index in [-0.39, 0.29) is 4.71 Å². The zero-order valence-corrected chi connectivity index (χ0v) is 9.32. The van der Waals surface area contributed by atoms with Crippen LogP contribution in [-0.4, -0.2) is 63.7 Å². The molecule has 0 amide bonds. The quantitative estimate of drug-likeness (QED) is 0.375. The number of nitrogens with zero attached hydrogens (tertiary/aromatic N) is 2. The standard InChI is InChI=1S/C6H12FN2.BF4.BF3/c7-9-4-1-8(2-5-9)3-6-9;2-1(3,4)5;2-1(3)4/h1-6H2;;/q+1;-1;. The molecule has 3 aliphatic rings. The van der Waals surface area contributed by atoms with Gasteiger partial charge < -0.3 is 17.3 Å². The van der Waals surface area contributed by atoms with Crippen LogP contribution in [0.4, 0.5) is 34.7 Å². The minimum atomic E-state index is -6.00. The van der Waals surface area contributed by atoms with Gasteiger partial charge in [-0.25, -0.2) is 0 Å². The molecule has 3 heterocycles. The van der Waals surface area contributed by atoms with Crippen LogP contribution in [-0.2, 0) is 0 Å². The number of piperazine rings is 3. The summed E-state index contributed by atoms with van der Waals surface area (Å²) < 4.78 is 81.1. The number of hydrogen-bond acceptors (Lipinski definition) is 1. The minimum absolute atomic E-state index is 0.156. The predicted molar refractivity (Wildman–Crippen MR) is 51.7 cm³/mol. The average Bonchev–Trinajstić information content (AvgIpc) is 2.15. The molecule has 0 aromatic carbocycles. The molecular formula is C6H12B2F8N2. The Morgan fingerprint density at radius 2 is 1.06 bits per heavy atom. The largest absolute Gasteiger partial charge is 0.762 e. The van der Waals surface area contributed by atoms with E-state index in [2.05, 4.69) is 4.90 Å². The van der Waals surface area contributed by atoms with Crippen molar-refractivity contribution in [1.82, 2.24) is 4.90 Å². The van der Waals surface area contributed by atoms with Gasteiger partial charge in [-0.3, -0.25) is 17.8 Å². The Morgan fingerprint density at radius 1 is 0.833 bits per heavy atom. The fraction of sp³-hybridized carbons (Fsp3) is 1.00. The Bertz CT molecular complexity index is 208. The van der Waals surface area contributed by atoms with E-state index in [0.717, 1.165) is 39.3 Å². The van der Waals surface area contributed by atoms with Gasteiger partial charge in [0.2, 0.25) is 0 Å². The zero-order valence-electron chi connectivity index (χ0n) is 9.32. The molecule has 3 saturated heterocycles. The second-order valence-electron chi connectivity index (χ2n) is 3.78. The van der Waals surface area contributed by atoms with Gasteiger partial charge in [0.25, 0.3) is 0 Å². The highest BCUT2D eigenvalue weighted by Crippen LogP contribution is 2.19. The van der Waals surface area contributed by atoms with E-state index in [1.807, 2.05) is 0 Å². The monoisotopic (exact) mass is 286 g/mol. The zero-order chi connectivity index (χ0) is 14.4. The first-order valence-corrected chi connectivity index (χ1v) is 5.09. The smallest absolute Gasteiger partial charge is 0.418 e. The van der Waals surface area contributed by atoms with Crippen molar-refractivity contribution < 1.29 is 39.4 Å². The van der Waals surface area contributed by atoms with Crippen molar-refractivity contribution in [3.05, 3.63) is 0 Å². The van der Waals surface area contributed by atoms with Crippen LogP contribution in [0.5, 0.6) is 0 Å². The highest BCUT2D eigenvalue weighted by atomic mass is 19.5. The van der Waals surface area contributed by atoms with Crippen LogP contribution in [0.25, 0.3) is 0 Å². The minimum Gasteiger partial charge on any atom is -0.418 e. The third-order valence-electron chi connectivity index (χ3n) is 2.45. The van der Waals surface area contributed by atoms with Gasteiger partial charge >= 0.3 is 14.8 Å². The molecule has 18 heavy (non-hydrogen) atoms. The van der Waals surface area contributed by atoms with Crippen molar-refractivity contribution in [3.8, 4) is 0 Å². The van der Waals surface area contributed by atoms with Crippen molar-refractivity contribution in [2.24, 2.45) is 0 Å². The molecule has 2 bridgehead atoms. The highest BCUT2D eigenvalue weighted by Gasteiger charge is 2.39. The second-order valence-corrected chi connectivity index (χ2v) is 3.78. The summed E-state index contributed by atoms with van der Waals surface area (Å²) >= 11 is 0. The van der Waals surface area contributed by atoms with Gasteiger partial charge in [-0.1, -0.05) is 0 Å². The highest BCUT2D eigenvalue weighted by molar-refractivity contribution is 6.50. The van der Waals surface area contributed by atoms with Crippen molar-refractivity contribution in [1.29, 1.82) is 0 Å². The summed E-state index contributed by atoms with van der Waals surface area (Å²) in [6.07, 6.45) is 0. The van der Waals surface area contributed by atoms with Crippen LogP contribution in [0, 0.1) is 0 Å². The summed E-state index contributed by atoms with van der Waals surface area (Å²) in [6, 6.07) is 0. The molecule has 3 aliphatic heterocycles. The third kappa shape index (κ3) is 10.6. The van der Waals surface area contributed by atoms with Gasteiger partial charge in [-0.2, -0.15) is 0 Å². The maximum absolute atomic E-state index is 13.3. The molecule has 12 heteroatoms. The number of fused-ring (bicyclic) bond motifs is 3. The summed E-state index contributed by atoms with van der Waals surface area (Å²) in [5.41, 5.74) is 0. The summed E-state index contributed by atoms with van der Waals surface area (Å²) in [4.78, 5) is 2.33. The number of rotatable bonds is 0. The fourth-order valence-electron chi connectivity index (χ4n) is 1.63. The molecule has 108 valence electrons. The molecule has 0 spiro atoms. The lowest BCUT2D eigenvalue weighted by molar-refractivity contribution is -1.07. The summed E-state index contributed by atoms with van der Waals surface area (Å²) in [5.74, 6) is 0. The summed E-state index contributed by atoms with van der Waals surface area (Å²) in [7, 11) is -9.67. The lowest BCUT2D eigenvalue weighted by Gasteiger charge is -2.41. The van der Waals surface area contributed by atoms with Gasteiger partial charge in [0, 0.05) is 0 Å². The van der Waals surface area contributed by atoms with Crippen LogP contribution in [0.3, 0.4) is 0 Å². The summed E-state index contributed by atoms with van der Waals surface area (Å²) in [6.45, 7) is 5.07. The lowest BCUT2D eigenvalue weighted by atomic mass is 10.2. The molecule has 0 N–H and O–H groups in total. The predicted octanol–water partition coefficient (Wildman–Crippen LogP) is 2.20. The Hall–Kier alpha value is -0.510. The molecule has 3 fully saturated rings. The van der Waals surface area contributed by atoms with Crippen LogP contribution < -0.4 is 0 Å². The molecule has 0 aromatic rings. The Morgan fingerprint density at radius 3 is 1.17 bits per heavy atom. The molecule has 0 radical (unpaired) electrons. The molecule has 2 nitrogen and oxygen atoms in total. The van der Waals surface area contributed by atoms with E-state index in [0.29, 0.717) is 0 Å². The van der Waals surface area contributed by atoms with Gasteiger partial charge in [0.15, 0.2) is 0 Å². The average molecular weight is 286 g/mol. The van der Waals surface area contributed by atoms with Gasteiger partial charge in [0.05, 0.1) is 19.6 Å². The molecule has 0 atom stereocenters. The molecular weight excluding hydrogens is 274 g/mol. The van der Waals surface area contributed by atoms with E-state index < -0.39 is 14.8 Å². The van der Waals surface area contributed by atoms with Crippen molar-refractivity contribution in [2.45, 2.75) is 0 Å². The SMILES string of the molecule is FB(F)F.F[B-](F)(F)F.F[N+]12CCN(CC1)CC2. The summed E-state index contributed by atoms with van der Waals surface area (Å²) in [5, 5.41) is 0. The molecule has 0 saturated carbocycles. The Balaban J connectivity index is 0.000000278. The van der Waals surface area contributed by atoms with Crippen molar-refractivity contribution >= 4 is 14.8 Å². The van der Waals surface area contributed by atoms with Crippen LogP contribution in [0.2, 0.25) is 0 Å². The first kappa shape index (κ1) is 17.5. The van der Waals surface area contributed by atoms with Crippen molar-refractivity contribution in [3.63, 3.8) is 0 Å². The fourth-order valence-corrected chi connectivity index (χ4v) is 1.63. The molecule has 0 aliphatic carbocycles. The number of hydrogen-bond donors (Lipinski definition) is 0. The molecule has 3 rings (SSSR count). The molecule has 0 unspecified atom stereocenters. The topological polar surface area (TPSA) is 3.24 Å². The maximum atomic E-state index is 13.3.